The minimum Gasteiger partial charge on any atom is -0.455 e. The Bertz CT molecular complexity index is 2510. The van der Waals surface area contributed by atoms with Gasteiger partial charge in [0, 0.05) is 34.5 Å². The number of fused-ring (bicyclic) bond motifs is 6. The fourth-order valence-electron chi connectivity index (χ4n) is 6.73. The van der Waals surface area contributed by atoms with Crippen molar-refractivity contribution in [2.75, 3.05) is 4.90 Å². The molecular formula is C43H28N2O. The van der Waals surface area contributed by atoms with Crippen LogP contribution < -0.4 is 4.90 Å². The van der Waals surface area contributed by atoms with Crippen molar-refractivity contribution in [3.05, 3.63) is 170 Å². The summed E-state index contributed by atoms with van der Waals surface area (Å²) in [7, 11) is 0. The summed E-state index contributed by atoms with van der Waals surface area (Å²) in [6, 6.07) is 56.0. The number of aromatic nitrogens is 1. The van der Waals surface area contributed by atoms with Crippen molar-refractivity contribution >= 4 is 60.5 Å². The summed E-state index contributed by atoms with van der Waals surface area (Å²) in [5.74, 6) is 0. The van der Waals surface area contributed by atoms with Crippen LogP contribution in [-0.4, -0.2) is 4.98 Å². The largest absolute Gasteiger partial charge is 0.455 e. The number of furan rings is 1. The summed E-state index contributed by atoms with van der Waals surface area (Å²) in [6.45, 7) is 0. The van der Waals surface area contributed by atoms with Crippen LogP contribution in [0.25, 0.3) is 65.7 Å². The number of rotatable bonds is 5. The molecule has 3 nitrogen and oxygen atoms in total. The first-order chi connectivity index (χ1) is 22.8. The Balaban J connectivity index is 1.27. The molecule has 2 aromatic heterocycles. The lowest BCUT2D eigenvalue weighted by molar-refractivity contribution is 0.672. The highest BCUT2D eigenvalue weighted by molar-refractivity contribution is 6.21. The van der Waals surface area contributed by atoms with Crippen LogP contribution in [0.2, 0.25) is 0 Å². The van der Waals surface area contributed by atoms with Crippen molar-refractivity contribution in [1.82, 2.24) is 4.98 Å². The van der Waals surface area contributed by atoms with Gasteiger partial charge < -0.3 is 9.32 Å². The standard InChI is InChI=1S/C43H28N2O/c1-2-9-29(10-3-1)30-17-21-34(22-18-30)45(35-23-19-32(20-24-35)37-15-8-12-31-11-4-5-13-36(31)37)40-27-33-25-26-44-28-39(33)43-42(40)38-14-6-7-16-41(38)46-43/h1-28H. The van der Waals surface area contributed by atoms with Gasteiger partial charge in [-0.1, -0.05) is 115 Å². The van der Waals surface area contributed by atoms with E-state index in [0.29, 0.717) is 0 Å². The second kappa shape index (κ2) is 10.8. The van der Waals surface area contributed by atoms with Crippen molar-refractivity contribution in [3.63, 3.8) is 0 Å². The van der Waals surface area contributed by atoms with Gasteiger partial charge in [0.1, 0.15) is 11.2 Å². The average Bonchev–Trinajstić information content (AvgIpc) is 3.53. The fourth-order valence-corrected chi connectivity index (χ4v) is 6.73. The maximum absolute atomic E-state index is 6.56. The predicted molar refractivity (Wildman–Crippen MR) is 192 cm³/mol. The molecule has 0 atom stereocenters. The molecule has 9 rings (SSSR count). The molecular weight excluding hydrogens is 560 g/mol. The van der Waals surface area contributed by atoms with Gasteiger partial charge in [0.25, 0.3) is 0 Å². The molecule has 0 amide bonds. The van der Waals surface area contributed by atoms with Gasteiger partial charge in [0.05, 0.1) is 11.1 Å². The Labute approximate surface area is 266 Å². The average molecular weight is 589 g/mol. The van der Waals surface area contributed by atoms with E-state index in [9.17, 15) is 0 Å². The second-order valence-corrected chi connectivity index (χ2v) is 11.6. The SMILES string of the molecule is c1ccc(-c2ccc(N(c3ccc(-c4cccc5ccccc45)cc3)c3cc4ccncc4c4oc5ccccc5c34)cc2)cc1. The number of hydrogen-bond acceptors (Lipinski definition) is 3. The van der Waals surface area contributed by atoms with Crippen LogP contribution >= 0.6 is 0 Å². The highest BCUT2D eigenvalue weighted by Gasteiger charge is 2.22. The number of anilines is 3. The Hall–Kier alpha value is -6.19. The van der Waals surface area contributed by atoms with Gasteiger partial charge in [-0.15, -0.1) is 0 Å². The van der Waals surface area contributed by atoms with Crippen molar-refractivity contribution < 1.29 is 4.42 Å². The first-order valence-corrected chi connectivity index (χ1v) is 15.5. The van der Waals surface area contributed by atoms with E-state index in [4.69, 9.17) is 4.42 Å². The van der Waals surface area contributed by atoms with Crippen molar-refractivity contribution in [3.8, 4) is 22.3 Å². The third kappa shape index (κ3) is 4.33. The molecule has 9 aromatic rings. The van der Waals surface area contributed by atoms with Crippen LogP contribution in [-0.2, 0) is 0 Å². The van der Waals surface area contributed by atoms with Crippen molar-refractivity contribution in [1.29, 1.82) is 0 Å². The minimum absolute atomic E-state index is 0.847. The predicted octanol–water partition coefficient (Wildman–Crippen LogP) is 12.1. The molecule has 0 bridgehead atoms. The van der Waals surface area contributed by atoms with Crippen molar-refractivity contribution in [2.24, 2.45) is 0 Å². The molecule has 2 heterocycles. The molecule has 0 aliphatic rings. The number of nitrogens with zero attached hydrogens (tertiary/aromatic N) is 2. The zero-order valence-corrected chi connectivity index (χ0v) is 25.0. The molecule has 0 saturated heterocycles. The van der Waals surface area contributed by atoms with Gasteiger partial charge in [-0.25, -0.2) is 0 Å². The summed E-state index contributed by atoms with van der Waals surface area (Å²) in [4.78, 5) is 6.80. The van der Waals surface area contributed by atoms with Crippen LogP contribution in [0.4, 0.5) is 17.1 Å². The molecule has 0 unspecified atom stereocenters. The molecule has 0 spiro atoms. The monoisotopic (exact) mass is 588 g/mol. The smallest absolute Gasteiger partial charge is 0.146 e. The lowest BCUT2D eigenvalue weighted by Gasteiger charge is -2.27. The maximum Gasteiger partial charge on any atom is 0.146 e. The van der Waals surface area contributed by atoms with Crippen molar-refractivity contribution in [2.45, 2.75) is 0 Å². The number of benzene rings is 7. The zero-order chi connectivity index (χ0) is 30.5. The third-order valence-electron chi connectivity index (χ3n) is 8.94. The number of pyridine rings is 1. The summed E-state index contributed by atoms with van der Waals surface area (Å²) in [5.41, 5.74) is 9.69. The van der Waals surface area contributed by atoms with Gasteiger partial charge in [0.15, 0.2) is 0 Å². The molecule has 0 saturated carbocycles. The summed E-state index contributed by atoms with van der Waals surface area (Å²) in [6.07, 6.45) is 3.75. The first kappa shape index (κ1) is 26.2. The minimum atomic E-state index is 0.847. The Kier molecular flexibility index (Phi) is 6.14. The van der Waals surface area contributed by atoms with Crippen LogP contribution in [0.3, 0.4) is 0 Å². The van der Waals surface area contributed by atoms with Crippen LogP contribution in [0.15, 0.2) is 175 Å². The number of hydrogen-bond donors (Lipinski definition) is 0. The highest BCUT2D eigenvalue weighted by Crippen LogP contribution is 2.46. The Morgan fingerprint density at radius 2 is 1.13 bits per heavy atom. The molecule has 3 heteroatoms. The molecule has 46 heavy (non-hydrogen) atoms. The second-order valence-electron chi connectivity index (χ2n) is 11.6. The van der Waals surface area contributed by atoms with E-state index in [1.165, 1.54) is 33.0 Å². The molecule has 0 radical (unpaired) electrons. The lowest BCUT2D eigenvalue weighted by atomic mass is 9.97. The lowest BCUT2D eigenvalue weighted by Crippen LogP contribution is -2.10. The normalized spacial score (nSPS) is 11.5. The van der Waals surface area contributed by atoms with E-state index in [2.05, 4.69) is 155 Å². The molecule has 0 N–H and O–H groups in total. The molecule has 216 valence electrons. The van der Waals surface area contributed by atoms with Crippen LogP contribution in [0, 0.1) is 0 Å². The summed E-state index contributed by atoms with van der Waals surface area (Å²) >= 11 is 0. The van der Waals surface area contributed by atoms with E-state index in [0.717, 1.165) is 49.8 Å². The summed E-state index contributed by atoms with van der Waals surface area (Å²) in [5, 5.41) is 6.72. The summed E-state index contributed by atoms with van der Waals surface area (Å²) < 4.78 is 6.56. The van der Waals surface area contributed by atoms with Gasteiger partial charge in [-0.2, -0.15) is 0 Å². The molecule has 7 aromatic carbocycles. The number of para-hydroxylation sites is 1. The van der Waals surface area contributed by atoms with Crippen LogP contribution in [0.1, 0.15) is 0 Å². The Morgan fingerprint density at radius 1 is 0.478 bits per heavy atom. The highest BCUT2D eigenvalue weighted by atomic mass is 16.3. The quantitative estimate of drug-likeness (QED) is 0.200. The topological polar surface area (TPSA) is 29.3 Å². The van der Waals surface area contributed by atoms with E-state index in [1.54, 1.807) is 0 Å². The Morgan fingerprint density at radius 3 is 1.93 bits per heavy atom. The van der Waals surface area contributed by atoms with E-state index in [1.807, 2.05) is 24.5 Å². The van der Waals surface area contributed by atoms with E-state index >= 15 is 0 Å². The molecule has 0 aliphatic heterocycles. The maximum atomic E-state index is 6.56. The molecule has 0 aliphatic carbocycles. The van der Waals surface area contributed by atoms with Gasteiger partial charge in [-0.05, 0) is 80.9 Å². The fraction of sp³-hybridized carbons (Fsp3) is 0. The van der Waals surface area contributed by atoms with Gasteiger partial charge in [-0.3, -0.25) is 4.98 Å². The first-order valence-electron chi connectivity index (χ1n) is 15.5. The van der Waals surface area contributed by atoms with Crippen LogP contribution in [0.5, 0.6) is 0 Å². The third-order valence-corrected chi connectivity index (χ3v) is 8.94. The van der Waals surface area contributed by atoms with Gasteiger partial charge >= 0.3 is 0 Å². The molecule has 0 fully saturated rings. The van der Waals surface area contributed by atoms with Gasteiger partial charge in [0.2, 0.25) is 0 Å². The van der Waals surface area contributed by atoms with E-state index < -0.39 is 0 Å². The van der Waals surface area contributed by atoms with E-state index in [-0.39, 0.29) is 0 Å². The zero-order valence-electron chi connectivity index (χ0n) is 25.0.